The maximum Gasteiger partial charge on any atom is 0.158 e. The first-order valence-electron chi connectivity index (χ1n) is 5.64. The highest BCUT2D eigenvalue weighted by Gasteiger charge is 2.08. The molecule has 0 amide bonds. The first-order chi connectivity index (χ1) is 9.10. The molecule has 0 aliphatic heterocycles. The van der Waals surface area contributed by atoms with Gasteiger partial charge in [-0.25, -0.2) is 14.4 Å². The molecule has 1 N–H and O–H groups in total. The molecule has 100 valence electrons. The number of anilines is 2. The van der Waals surface area contributed by atoms with Crippen molar-refractivity contribution in [1.29, 1.82) is 0 Å². The Kier molecular flexibility index (Phi) is 4.29. The fourth-order valence-electron chi connectivity index (χ4n) is 1.64. The van der Waals surface area contributed by atoms with Gasteiger partial charge in [0.1, 0.15) is 23.4 Å². The summed E-state index contributed by atoms with van der Waals surface area (Å²) in [5, 5.41) is 3.19. The molecule has 1 aromatic carbocycles. The van der Waals surface area contributed by atoms with Gasteiger partial charge >= 0.3 is 0 Å². The summed E-state index contributed by atoms with van der Waals surface area (Å²) < 4.78 is 18.7. The molecule has 0 unspecified atom stereocenters. The number of aryl methyl sites for hydroxylation is 1. The molecule has 0 bridgehead atoms. The minimum absolute atomic E-state index is 0.242. The number of para-hydroxylation sites is 1. The van der Waals surface area contributed by atoms with Crippen LogP contribution in [0.2, 0.25) is 5.15 Å². The summed E-state index contributed by atoms with van der Waals surface area (Å²) in [5.74, 6) is 0.523. The van der Waals surface area contributed by atoms with Crippen molar-refractivity contribution in [2.24, 2.45) is 0 Å². The Morgan fingerprint density at radius 1 is 1.37 bits per heavy atom. The van der Waals surface area contributed by atoms with Gasteiger partial charge in [-0.05, 0) is 18.6 Å². The van der Waals surface area contributed by atoms with Gasteiger partial charge in [0.15, 0.2) is 5.82 Å². The fraction of sp³-hybridized carbons (Fsp3) is 0.231. The van der Waals surface area contributed by atoms with Crippen LogP contribution >= 0.6 is 11.6 Å². The SMILES string of the molecule is COCc1nc(Cl)cc(Nc2c(C)cccc2F)n1. The molecule has 1 heterocycles. The van der Waals surface area contributed by atoms with E-state index in [4.69, 9.17) is 16.3 Å². The molecule has 2 aromatic rings. The van der Waals surface area contributed by atoms with Crippen molar-refractivity contribution in [1.82, 2.24) is 9.97 Å². The van der Waals surface area contributed by atoms with E-state index >= 15 is 0 Å². The van der Waals surface area contributed by atoms with E-state index in [0.717, 1.165) is 5.56 Å². The van der Waals surface area contributed by atoms with Crippen molar-refractivity contribution in [3.63, 3.8) is 0 Å². The standard InChI is InChI=1S/C13H13ClFN3O/c1-8-4-3-5-9(15)13(8)18-11-6-10(14)16-12(17-11)7-19-2/h3-6H,7H2,1-2H3,(H,16,17,18). The third-order valence-electron chi connectivity index (χ3n) is 2.49. The highest BCUT2D eigenvalue weighted by atomic mass is 35.5. The smallest absolute Gasteiger partial charge is 0.158 e. The Balaban J connectivity index is 2.33. The molecule has 4 nitrogen and oxygen atoms in total. The number of methoxy groups -OCH3 is 1. The van der Waals surface area contributed by atoms with Gasteiger partial charge in [0.05, 0.1) is 5.69 Å². The lowest BCUT2D eigenvalue weighted by molar-refractivity contribution is 0.178. The Morgan fingerprint density at radius 3 is 2.84 bits per heavy atom. The molecule has 0 aliphatic carbocycles. The fourth-order valence-corrected chi connectivity index (χ4v) is 1.84. The largest absolute Gasteiger partial charge is 0.377 e. The molecular weight excluding hydrogens is 269 g/mol. The number of rotatable bonds is 4. The van der Waals surface area contributed by atoms with E-state index in [1.807, 2.05) is 13.0 Å². The number of aromatic nitrogens is 2. The van der Waals surface area contributed by atoms with Crippen molar-refractivity contribution >= 4 is 23.1 Å². The molecule has 2 rings (SSSR count). The van der Waals surface area contributed by atoms with Gasteiger partial charge in [0.2, 0.25) is 0 Å². The van der Waals surface area contributed by atoms with Crippen molar-refractivity contribution in [3.05, 3.63) is 46.6 Å². The number of ether oxygens (including phenoxy) is 1. The third-order valence-corrected chi connectivity index (χ3v) is 2.68. The monoisotopic (exact) mass is 281 g/mol. The maximum absolute atomic E-state index is 13.7. The van der Waals surface area contributed by atoms with Gasteiger partial charge in [-0.2, -0.15) is 0 Å². The summed E-state index contributed by atoms with van der Waals surface area (Å²) in [6, 6.07) is 6.38. The van der Waals surface area contributed by atoms with E-state index in [0.29, 0.717) is 17.3 Å². The molecule has 6 heteroatoms. The summed E-state index contributed by atoms with van der Waals surface area (Å²) in [7, 11) is 1.54. The van der Waals surface area contributed by atoms with Gasteiger partial charge in [0, 0.05) is 13.2 Å². The summed E-state index contributed by atoms with van der Waals surface area (Å²) in [6.07, 6.45) is 0. The summed E-state index contributed by atoms with van der Waals surface area (Å²) >= 11 is 5.89. The number of nitrogens with one attached hydrogen (secondary N) is 1. The molecule has 0 radical (unpaired) electrons. The summed E-state index contributed by atoms with van der Waals surface area (Å²) in [4.78, 5) is 8.21. The maximum atomic E-state index is 13.7. The van der Waals surface area contributed by atoms with Crippen LogP contribution in [0.5, 0.6) is 0 Å². The van der Waals surface area contributed by atoms with E-state index < -0.39 is 0 Å². The second kappa shape index (κ2) is 5.95. The number of hydrogen-bond acceptors (Lipinski definition) is 4. The summed E-state index contributed by atoms with van der Waals surface area (Å²) in [6.45, 7) is 2.05. The van der Waals surface area contributed by atoms with E-state index in [1.54, 1.807) is 13.2 Å². The van der Waals surface area contributed by atoms with Crippen LogP contribution in [0.3, 0.4) is 0 Å². The summed E-state index contributed by atoms with van der Waals surface area (Å²) in [5.41, 5.74) is 1.16. The van der Waals surface area contributed by atoms with Crippen LogP contribution in [-0.2, 0) is 11.3 Å². The van der Waals surface area contributed by atoms with Gasteiger partial charge in [0.25, 0.3) is 0 Å². The highest BCUT2D eigenvalue weighted by Crippen LogP contribution is 2.23. The van der Waals surface area contributed by atoms with E-state index in [9.17, 15) is 4.39 Å². The Labute approximate surface area is 115 Å². The highest BCUT2D eigenvalue weighted by molar-refractivity contribution is 6.29. The second-order valence-corrected chi connectivity index (χ2v) is 4.37. The minimum atomic E-state index is -0.344. The third kappa shape index (κ3) is 3.39. The number of nitrogens with zero attached hydrogens (tertiary/aromatic N) is 2. The molecule has 0 atom stereocenters. The lowest BCUT2D eigenvalue weighted by Gasteiger charge is -2.11. The first-order valence-corrected chi connectivity index (χ1v) is 6.02. The van der Waals surface area contributed by atoms with Crippen molar-refractivity contribution < 1.29 is 9.13 Å². The predicted molar refractivity (Wildman–Crippen MR) is 72.2 cm³/mol. The zero-order valence-electron chi connectivity index (χ0n) is 10.6. The molecular formula is C13H13ClFN3O. The normalized spacial score (nSPS) is 10.5. The van der Waals surface area contributed by atoms with Crippen LogP contribution in [0, 0.1) is 12.7 Å². The molecule has 19 heavy (non-hydrogen) atoms. The van der Waals surface area contributed by atoms with Crippen LogP contribution in [0.25, 0.3) is 0 Å². The van der Waals surface area contributed by atoms with Crippen LogP contribution in [0.15, 0.2) is 24.3 Å². The topological polar surface area (TPSA) is 47.0 Å². The van der Waals surface area contributed by atoms with Crippen molar-refractivity contribution in [3.8, 4) is 0 Å². The van der Waals surface area contributed by atoms with Gasteiger partial charge < -0.3 is 10.1 Å². The predicted octanol–water partition coefficient (Wildman–Crippen LogP) is 3.47. The molecule has 1 aromatic heterocycles. The van der Waals surface area contributed by atoms with Gasteiger partial charge in [-0.15, -0.1) is 0 Å². The van der Waals surface area contributed by atoms with Crippen LogP contribution < -0.4 is 5.32 Å². The van der Waals surface area contributed by atoms with Crippen molar-refractivity contribution in [2.75, 3.05) is 12.4 Å². The van der Waals surface area contributed by atoms with Crippen LogP contribution in [0.1, 0.15) is 11.4 Å². The molecule has 0 saturated heterocycles. The first kappa shape index (κ1) is 13.7. The average molecular weight is 282 g/mol. The van der Waals surface area contributed by atoms with E-state index in [2.05, 4.69) is 15.3 Å². The Bertz CT molecular complexity index is 572. The zero-order chi connectivity index (χ0) is 13.8. The van der Waals surface area contributed by atoms with E-state index in [1.165, 1.54) is 12.1 Å². The number of hydrogen-bond donors (Lipinski definition) is 1. The lowest BCUT2D eigenvalue weighted by atomic mass is 10.2. The molecule has 0 spiro atoms. The van der Waals surface area contributed by atoms with Crippen molar-refractivity contribution in [2.45, 2.75) is 13.5 Å². The van der Waals surface area contributed by atoms with Gasteiger partial charge in [-0.3, -0.25) is 0 Å². The second-order valence-electron chi connectivity index (χ2n) is 3.98. The average Bonchev–Trinajstić information content (AvgIpc) is 2.34. The van der Waals surface area contributed by atoms with E-state index in [-0.39, 0.29) is 17.6 Å². The van der Waals surface area contributed by atoms with Gasteiger partial charge in [-0.1, -0.05) is 23.7 Å². The quantitative estimate of drug-likeness (QED) is 0.872. The van der Waals surface area contributed by atoms with Crippen LogP contribution in [0.4, 0.5) is 15.9 Å². The minimum Gasteiger partial charge on any atom is -0.377 e. The Hall–Kier alpha value is -1.72. The molecule has 0 fully saturated rings. The Morgan fingerprint density at radius 2 is 2.16 bits per heavy atom. The number of halogens is 2. The lowest BCUT2D eigenvalue weighted by Crippen LogP contribution is -2.03. The van der Waals surface area contributed by atoms with Crippen LogP contribution in [-0.4, -0.2) is 17.1 Å². The molecule has 0 aliphatic rings. The number of benzene rings is 1. The molecule has 0 saturated carbocycles. The zero-order valence-corrected chi connectivity index (χ0v) is 11.3.